The molecule has 1 aliphatic rings. The number of likely N-dealkylation sites (tertiary alicyclic amines) is 1. The summed E-state index contributed by atoms with van der Waals surface area (Å²) in [5.74, 6) is 0. The molecule has 1 fully saturated rings. The minimum Gasteiger partial charge on any atom is -0.311 e. The molecule has 0 spiro atoms. The summed E-state index contributed by atoms with van der Waals surface area (Å²) in [7, 11) is 0. The highest BCUT2D eigenvalue weighted by Gasteiger charge is 2.11. The van der Waals surface area contributed by atoms with E-state index >= 15 is 0 Å². The molecule has 5 heteroatoms. The molecule has 18 heavy (non-hydrogen) atoms. The van der Waals surface area contributed by atoms with Crippen LogP contribution in [0.3, 0.4) is 0 Å². The van der Waals surface area contributed by atoms with Crippen LogP contribution in [0.1, 0.15) is 32.6 Å². The zero-order chi connectivity index (χ0) is 12.6. The molecule has 102 valence electrons. The smallest absolute Gasteiger partial charge is 0.0692 e. The van der Waals surface area contributed by atoms with E-state index in [-0.39, 0.29) is 0 Å². The Kier molecular flexibility index (Phi) is 5.61. The number of nitrogens with zero attached hydrogens (tertiary/aromatic N) is 4. The fourth-order valence-electron chi connectivity index (χ4n) is 2.55. The minimum atomic E-state index is 0.548. The highest BCUT2D eigenvalue weighted by Crippen LogP contribution is 2.09. The maximum absolute atomic E-state index is 3.96. The summed E-state index contributed by atoms with van der Waals surface area (Å²) in [4.78, 5) is 2.60. The lowest BCUT2D eigenvalue weighted by molar-refractivity contribution is 0.255. The monoisotopic (exact) mass is 251 g/mol. The maximum atomic E-state index is 3.96. The third-order valence-corrected chi connectivity index (χ3v) is 3.54. The largest absolute Gasteiger partial charge is 0.311 e. The van der Waals surface area contributed by atoms with Gasteiger partial charge < -0.3 is 10.2 Å². The van der Waals surface area contributed by atoms with Gasteiger partial charge in [-0.15, -0.1) is 5.10 Å². The summed E-state index contributed by atoms with van der Waals surface area (Å²) in [6, 6.07) is 0.548. The van der Waals surface area contributed by atoms with E-state index in [1.54, 1.807) is 6.20 Å². The molecular formula is C13H25N5. The Balaban J connectivity index is 1.60. The van der Waals surface area contributed by atoms with Crippen LogP contribution in [0.2, 0.25) is 0 Å². The summed E-state index contributed by atoms with van der Waals surface area (Å²) in [6.45, 7) is 7.83. The summed E-state index contributed by atoms with van der Waals surface area (Å²) in [5, 5.41) is 11.3. The Hall–Kier alpha value is -0.940. The van der Waals surface area contributed by atoms with Gasteiger partial charge in [0.05, 0.1) is 12.7 Å². The summed E-state index contributed by atoms with van der Waals surface area (Å²) in [6.07, 6.45) is 9.17. The van der Waals surface area contributed by atoms with Crippen molar-refractivity contribution in [1.82, 2.24) is 25.2 Å². The Labute approximate surface area is 110 Å². The van der Waals surface area contributed by atoms with Crippen LogP contribution >= 0.6 is 0 Å². The second kappa shape index (κ2) is 7.48. The molecule has 0 unspecified atom stereocenters. The zero-order valence-corrected chi connectivity index (χ0v) is 11.4. The van der Waals surface area contributed by atoms with Gasteiger partial charge in [-0.25, -0.2) is 0 Å². The van der Waals surface area contributed by atoms with E-state index in [4.69, 9.17) is 0 Å². The van der Waals surface area contributed by atoms with Gasteiger partial charge >= 0.3 is 0 Å². The molecule has 0 aromatic carbocycles. The zero-order valence-electron chi connectivity index (χ0n) is 11.4. The summed E-state index contributed by atoms with van der Waals surface area (Å²) < 4.78 is 1.87. The van der Waals surface area contributed by atoms with Gasteiger partial charge in [0.25, 0.3) is 0 Å². The normalized spacial score (nSPS) is 19.6. The topological polar surface area (TPSA) is 46.0 Å². The molecule has 2 heterocycles. The first kappa shape index (κ1) is 13.5. The van der Waals surface area contributed by atoms with Crippen molar-refractivity contribution in [2.75, 3.05) is 26.2 Å². The van der Waals surface area contributed by atoms with Crippen LogP contribution in [0.15, 0.2) is 12.4 Å². The van der Waals surface area contributed by atoms with Crippen LogP contribution in [-0.2, 0) is 6.54 Å². The quantitative estimate of drug-likeness (QED) is 0.823. The van der Waals surface area contributed by atoms with E-state index in [9.17, 15) is 0 Å². The van der Waals surface area contributed by atoms with Crippen molar-refractivity contribution in [3.63, 3.8) is 0 Å². The van der Waals surface area contributed by atoms with E-state index in [1.807, 2.05) is 10.9 Å². The highest BCUT2D eigenvalue weighted by atomic mass is 15.4. The molecule has 0 amide bonds. The number of aromatic nitrogens is 3. The molecule has 1 aromatic rings. The number of hydrogen-bond acceptors (Lipinski definition) is 4. The average Bonchev–Trinajstić information content (AvgIpc) is 2.74. The van der Waals surface area contributed by atoms with Gasteiger partial charge in [0.15, 0.2) is 0 Å². The first-order chi connectivity index (χ1) is 8.84. The number of rotatable bonds is 6. The lowest BCUT2D eigenvalue weighted by Gasteiger charge is -2.24. The standard InChI is InChI=1S/C13H25N5/c1-13(12-17-8-4-2-3-5-9-17)14-6-10-18-11-7-15-16-18/h7,11,13-14H,2-6,8-10,12H2,1H3/t13-/m0/s1. The Morgan fingerprint density at radius 1 is 1.22 bits per heavy atom. The fourth-order valence-corrected chi connectivity index (χ4v) is 2.55. The third kappa shape index (κ3) is 4.74. The van der Waals surface area contributed by atoms with Gasteiger partial charge in [-0.2, -0.15) is 0 Å². The number of hydrogen-bond donors (Lipinski definition) is 1. The van der Waals surface area contributed by atoms with Gasteiger partial charge in [0, 0.05) is 25.3 Å². The molecule has 1 aliphatic heterocycles. The van der Waals surface area contributed by atoms with Crippen molar-refractivity contribution < 1.29 is 0 Å². The Morgan fingerprint density at radius 2 is 2.00 bits per heavy atom. The third-order valence-electron chi connectivity index (χ3n) is 3.54. The van der Waals surface area contributed by atoms with Gasteiger partial charge in [-0.1, -0.05) is 18.1 Å². The van der Waals surface area contributed by atoms with Crippen molar-refractivity contribution in [3.05, 3.63) is 12.4 Å². The molecule has 0 aliphatic carbocycles. The molecular weight excluding hydrogens is 226 g/mol. The summed E-state index contributed by atoms with van der Waals surface area (Å²) >= 11 is 0. The van der Waals surface area contributed by atoms with Gasteiger partial charge in [0.2, 0.25) is 0 Å². The molecule has 1 N–H and O–H groups in total. The van der Waals surface area contributed by atoms with Crippen LogP contribution in [-0.4, -0.2) is 52.1 Å². The molecule has 1 atom stereocenters. The van der Waals surface area contributed by atoms with Crippen LogP contribution in [0.4, 0.5) is 0 Å². The first-order valence-corrected chi connectivity index (χ1v) is 7.14. The highest BCUT2D eigenvalue weighted by molar-refractivity contribution is 4.71. The molecule has 0 bridgehead atoms. The van der Waals surface area contributed by atoms with Crippen molar-refractivity contribution in [3.8, 4) is 0 Å². The van der Waals surface area contributed by atoms with E-state index < -0.39 is 0 Å². The number of nitrogens with one attached hydrogen (secondary N) is 1. The molecule has 0 saturated carbocycles. The van der Waals surface area contributed by atoms with Crippen LogP contribution in [0, 0.1) is 0 Å². The van der Waals surface area contributed by atoms with E-state index in [2.05, 4.69) is 27.5 Å². The average molecular weight is 251 g/mol. The fraction of sp³-hybridized carbons (Fsp3) is 0.846. The van der Waals surface area contributed by atoms with Crippen LogP contribution in [0.25, 0.3) is 0 Å². The second-order valence-corrected chi connectivity index (χ2v) is 5.24. The van der Waals surface area contributed by atoms with Crippen molar-refractivity contribution >= 4 is 0 Å². The molecule has 0 radical (unpaired) electrons. The van der Waals surface area contributed by atoms with E-state index in [0.29, 0.717) is 6.04 Å². The maximum Gasteiger partial charge on any atom is 0.0692 e. The van der Waals surface area contributed by atoms with Crippen molar-refractivity contribution in [1.29, 1.82) is 0 Å². The predicted molar refractivity (Wildman–Crippen MR) is 72.4 cm³/mol. The SMILES string of the molecule is C[C@@H](CN1CCCCCC1)NCCn1ccnn1. The van der Waals surface area contributed by atoms with Gasteiger partial charge in [-0.3, -0.25) is 4.68 Å². The first-order valence-electron chi connectivity index (χ1n) is 7.14. The van der Waals surface area contributed by atoms with Crippen LogP contribution in [0.5, 0.6) is 0 Å². The lowest BCUT2D eigenvalue weighted by atomic mass is 10.2. The lowest BCUT2D eigenvalue weighted by Crippen LogP contribution is -2.40. The second-order valence-electron chi connectivity index (χ2n) is 5.24. The van der Waals surface area contributed by atoms with Crippen LogP contribution < -0.4 is 5.32 Å². The minimum absolute atomic E-state index is 0.548. The molecule has 2 rings (SSSR count). The Bertz CT molecular complexity index is 303. The van der Waals surface area contributed by atoms with Crippen molar-refractivity contribution in [2.24, 2.45) is 0 Å². The van der Waals surface area contributed by atoms with Crippen molar-refractivity contribution in [2.45, 2.75) is 45.2 Å². The van der Waals surface area contributed by atoms with E-state index in [0.717, 1.165) is 19.6 Å². The molecule has 1 aromatic heterocycles. The molecule has 5 nitrogen and oxygen atoms in total. The predicted octanol–water partition coefficient (Wildman–Crippen LogP) is 1.13. The summed E-state index contributed by atoms with van der Waals surface area (Å²) in [5.41, 5.74) is 0. The van der Waals surface area contributed by atoms with Gasteiger partial charge in [-0.05, 0) is 32.9 Å². The van der Waals surface area contributed by atoms with E-state index in [1.165, 1.54) is 38.8 Å². The molecule has 1 saturated heterocycles. The Morgan fingerprint density at radius 3 is 2.67 bits per heavy atom. The van der Waals surface area contributed by atoms with Gasteiger partial charge in [0.1, 0.15) is 0 Å².